The van der Waals surface area contributed by atoms with E-state index in [0.717, 1.165) is 5.39 Å². The van der Waals surface area contributed by atoms with E-state index in [2.05, 4.69) is 5.92 Å². The van der Waals surface area contributed by atoms with Crippen LogP contribution in [0.5, 0.6) is 0 Å². The molecular weight excluding hydrogens is 172 g/mol. The minimum atomic E-state index is 0.512. The molecule has 0 N–H and O–H groups in total. The lowest BCUT2D eigenvalue weighted by Gasteiger charge is -1.88. The summed E-state index contributed by atoms with van der Waals surface area (Å²) in [6.07, 6.45) is 5.18. The van der Waals surface area contributed by atoms with E-state index in [0.29, 0.717) is 16.4 Å². The van der Waals surface area contributed by atoms with Gasteiger partial charge in [0.25, 0.3) is 0 Å². The van der Waals surface area contributed by atoms with Crippen LogP contribution in [-0.2, 0) is 0 Å². The van der Waals surface area contributed by atoms with Crippen molar-refractivity contribution in [2.24, 2.45) is 0 Å². The van der Waals surface area contributed by atoms with Gasteiger partial charge >= 0.3 is 0 Å². The Kier molecular flexibility index (Phi) is 1.56. The second-order valence-electron chi connectivity index (χ2n) is 2.41. The van der Waals surface area contributed by atoms with E-state index in [1.54, 1.807) is 12.1 Å². The van der Waals surface area contributed by atoms with Gasteiger partial charge < -0.3 is 4.42 Å². The average Bonchev–Trinajstić information content (AvgIpc) is 2.49. The molecule has 1 heterocycles. The van der Waals surface area contributed by atoms with Crippen LogP contribution < -0.4 is 0 Å². The first kappa shape index (κ1) is 7.27. The molecule has 0 fully saturated rings. The Hall–Kier alpha value is -1.39. The Bertz CT molecular complexity index is 462. The summed E-state index contributed by atoms with van der Waals surface area (Å²) in [5, 5.41) is 1.53. The fourth-order valence-electron chi connectivity index (χ4n) is 1.10. The van der Waals surface area contributed by atoms with E-state index >= 15 is 0 Å². The van der Waals surface area contributed by atoms with Crippen LogP contribution >= 0.6 is 11.6 Å². The Morgan fingerprint density at radius 1 is 1.42 bits per heavy atom. The van der Waals surface area contributed by atoms with Gasteiger partial charge in [0.05, 0.1) is 5.02 Å². The van der Waals surface area contributed by atoms with Crippen LogP contribution in [0.3, 0.4) is 0 Å². The number of para-hydroxylation sites is 1. The minimum absolute atomic E-state index is 0.512. The SMILES string of the molecule is C#Cc1cc2cccc(Cl)c2o1. The Balaban J connectivity index is 2.85. The predicted molar refractivity (Wildman–Crippen MR) is 49.2 cm³/mol. The number of hydrogen-bond donors (Lipinski definition) is 0. The average molecular weight is 177 g/mol. The molecule has 0 aliphatic heterocycles. The lowest BCUT2D eigenvalue weighted by Crippen LogP contribution is -1.63. The van der Waals surface area contributed by atoms with Gasteiger partial charge in [-0.15, -0.1) is 6.42 Å². The first-order valence-electron chi connectivity index (χ1n) is 3.46. The summed E-state index contributed by atoms with van der Waals surface area (Å²) in [5.41, 5.74) is 0.659. The number of benzene rings is 1. The van der Waals surface area contributed by atoms with E-state index in [1.807, 2.05) is 12.1 Å². The van der Waals surface area contributed by atoms with Crippen LogP contribution in [0.2, 0.25) is 5.02 Å². The third kappa shape index (κ3) is 0.975. The molecule has 0 unspecified atom stereocenters. The highest BCUT2D eigenvalue weighted by molar-refractivity contribution is 6.34. The van der Waals surface area contributed by atoms with Crippen LogP contribution in [0.4, 0.5) is 0 Å². The van der Waals surface area contributed by atoms with Gasteiger partial charge in [-0.05, 0) is 12.0 Å². The van der Waals surface area contributed by atoms with Gasteiger partial charge in [-0.25, -0.2) is 0 Å². The second-order valence-corrected chi connectivity index (χ2v) is 2.82. The predicted octanol–water partition coefficient (Wildman–Crippen LogP) is 3.07. The summed E-state index contributed by atoms with van der Waals surface area (Å²) in [7, 11) is 0. The van der Waals surface area contributed by atoms with Crippen molar-refractivity contribution in [2.45, 2.75) is 0 Å². The molecule has 0 bridgehead atoms. The molecular formula is C10H5ClO. The van der Waals surface area contributed by atoms with Gasteiger partial charge in [0.2, 0.25) is 0 Å². The molecule has 0 saturated heterocycles. The van der Waals surface area contributed by atoms with Crippen molar-refractivity contribution in [1.29, 1.82) is 0 Å². The molecule has 1 aromatic heterocycles. The zero-order valence-electron chi connectivity index (χ0n) is 6.17. The highest BCUT2D eigenvalue weighted by Crippen LogP contribution is 2.25. The molecule has 0 atom stereocenters. The molecule has 0 aliphatic rings. The van der Waals surface area contributed by atoms with E-state index < -0.39 is 0 Å². The number of fused-ring (bicyclic) bond motifs is 1. The van der Waals surface area contributed by atoms with Gasteiger partial charge in [-0.2, -0.15) is 0 Å². The third-order valence-electron chi connectivity index (χ3n) is 1.64. The minimum Gasteiger partial charge on any atom is -0.446 e. The van der Waals surface area contributed by atoms with E-state index in [4.69, 9.17) is 22.4 Å². The van der Waals surface area contributed by atoms with E-state index in [-0.39, 0.29) is 0 Å². The molecule has 1 aromatic carbocycles. The van der Waals surface area contributed by atoms with Gasteiger partial charge in [0.15, 0.2) is 11.3 Å². The summed E-state index contributed by atoms with van der Waals surface area (Å²) >= 11 is 5.86. The van der Waals surface area contributed by atoms with Crippen LogP contribution in [0.25, 0.3) is 11.0 Å². The van der Waals surface area contributed by atoms with Crippen molar-refractivity contribution in [1.82, 2.24) is 0 Å². The molecule has 1 nitrogen and oxygen atoms in total. The molecule has 0 aliphatic carbocycles. The van der Waals surface area contributed by atoms with Crippen LogP contribution in [-0.4, -0.2) is 0 Å². The lowest BCUT2D eigenvalue weighted by molar-refractivity contribution is 0.601. The van der Waals surface area contributed by atoms with Crippen molar-refractivity contribution in [2.75, 3.05) is 0 Å². The van der Waals surface area contributed by atoms with Crippen LogP contribution in [0.1, 0.15) is 5.76 Å². The Morgan fingerprint density at radius 2 is 2.25 bits per heavy atom. The van der Waals surface area contributed by atoms with Crippen LogP contribution in [0.15, 0.2) is 28.7 Å². The topological polar surface area (TPSA) is 13.1 Å². The zero-order chi connectivity index (χ0) is 8.55. The van der Waals surface area contributed by atoms with Crippen molar-refractivity contribution < 1.29 is 4.42 Å². The molecule has 0 amide bonds. The third-order valence-corrected chi connectivity index (χ3v) is 1.94. The highest BCUT2D eigenvalue weighted by Gasteiger charge is 2.03. The second kappa shape index (κ2) is 2.58. The first-order valence-corrected chi connectivity index (χ1v) is 3.84. The van der Waals surface area contributed by atoms with Gasteiger partial charge in [-0.3, -0.25) is 0 Å². The molecule has 2 rings (SSSR count). The van der Waals surface area contributed by atoms with Crippen molar-refractivity contribution in [3.05, 3.63) is 35.0 Å². The zero-order valence-corrected chi connectivity index (χ0v) is 6.93. The number of rotatable bonds is 0. The van der Waals surface area contributed by atoms with Crippen molar-refractivity contribution in [3.63, 3.8) is 0 Å². The molecule has 0 saturated carbocycles. The summed E-state index contributed by atoms with van der Waals surface area (Å²) in [5.74, 6) is 2.93. The molecule has 0 spiro atoms. The monoisotopic (exact) mass is 176 g/mol. The molecule has 2 aromatic rings. The maximum Gasteiger partial charge on any atom is 0.177 e. The summed E-state index contributed by atoms with van der Waals surface area (Å²) in [4.78, 5) is 0. The number of hydrogen-bond acceptors (Lipinski definition) is 1. The molecule has 0 radical (unpaired) electrons. The highest BCUT2D eigenvalue weighted by atomic mass is 35.5. The van der Waals surface area contributed by atoms with Gasteiger partial charge in [-0.1, -0.05) is 23.7 Å². The molecule has 58 valence electrons. The number of furan rings is 1. The lowest BCUT2D eigenvalue weighted by atomic mass is 10.2. The Labute approximate surface area is 74.9 Å². The standard InChI is InChI=1S/C10H5ClO/c1-2-8-6-7-4-3-5-9(11)10(7)12-8/h1,3-6H. The fourth-order valence-corrected chi connectivity index (χ4v) is 1.32. The summed E-state index contributed by atoms with van der Waals surface area (Å²) in [6, 6.07) is 7.33. The summed E-state index contributed by atoms with van der Waals surface area (Å²) in [6.45, 7) is 0. The van der Waals surface area contributed by atoms with E-state index in [9.17, 15) is 0 Å². The van der Waals surface area contributed by atoms with Crippen LogP contribution in [0, 0.1) is 12.3 Å². The Morgan fingerprint density at radius 3 is 2.92 bits per heavy atom. The fraction of sp³-hybridized carbons (Fsp3) is 0. The van der Waals surface area contributed by atoms with Crippen molar-refractivity contribution in [3.8, 4) is 12.3 Å². The normalized spacial score (nSPS) is 10.0. The maximum atomic E-state index is 5.86. The summed E-state index contributed by atoms with van der Waals surface area (Å²) < 4.78 is 5.28. The number of halogens is 1. The smallest absolute Gasteiger partial charge is 0.177 e. The number of terminal acetylenes is 1. The van der Waals surface area contributed by atoms with Gasteiger partial charge in [0.1, 0.15) is 0 Å². The van der Waals surface area contributed by atoms with Gasteiger partial charge in [0, 0.05) is 11.5 Å². The largest absolute Gasteiger partial charge is 0.446 e. The maximum absolute atomic E-state index is 5.86. The van der Waals surface area contributed by atoms with Crippen molar-refractivity contribution >= 4 is 22.6 Å². The molecule has 12 heavy (non-hydrogen) atoms. The first-order chi connectivity index (χ1) is 5.81. The van der Waals surface area contributed by atoms with E-state index in [1.165, 1.54) is 0 Å². The quantitative estimate of drug-likeness (QED) is 0.563. The molecule has 2 heteroatoms.